The molecule has 2 atom stereocenters. The second-order valence-electron chi connectivity index (χ2n) is 6.25. The SMILES string of the molecule is COc1ccccc1P(C)CCP(c1ccccc1)c1ccccc1OC. The predicted octanol–water partition coefficient (Wildman–Crippen LogP) is 4.57. The van der Waals surface area contributed by atoms with Crippen molar-refractivity contribution in [2.24, 2.45) is 0 Å². The summed E-state index contributed by atoms with van der Waals surface area (Å²) >= 11 is 0. The van der Waals surface area contributed by atoms with Crippen molar-refractivity contribution in [1.82, 2.24) is 0 Å². The summed E-state index contributed by atoms with van der Waals surface area (Å²) in [7, 11) is 2.78. The number of ether oxygens (including phenoxy) is 2. The predicted molar refractivity (Wildman–Crippen MR) is 121 cm³/mol. The molecule has 0 radical (unpaired) electrons. The quantitative estimate of drug-likeness (QED) is 0.519. The van der Waals surface area contributed by atoms with Gasteiger partial charge in [0, 0.05) is 10.6 Å². The van der Waals surface area contributed by atoms with Crippen molar-refractivity contribution in [3.63, 3.8) is 0 Å². The van der Waals surface area contributed by atoms with E-state index in [1.807, 2.05) is 12.1 Å². The third kappa shape index (κ3) is 4.89. The molecule has 140 valence electrons. The molecule has 0 N–H and O–H groups in total. The summed E-state index contributed by atoms with van der Waals surface area (Å²) in [6, 6.07) is 27.7. The van der Waals surface area contributed by atoms with Crippen molar-refractivity contribution >= 4 is 31.8 Å². The molecule has 0 amide bonds. The van der Waals surface area contributed by atoms with E-state index in [0.717, 1.165) is 23.8 Å². The molecule has 0 aliphatic heterocycles. The van der Waals surface area contributed by atoms with E-state index in [1.165, 1.54) is 15.9 Å². The first-order valence-corrected chi connectivity index (χ1v) is 12.5. The lowest BCUT2D eigenvalue weighted by atomic mass is 10.3. The van der Waals surface area contributed by atoms with Gasteiger partial charge in [-0.1, -0.05) is 74.7 Å². The Balaban J connectivity index is 1.86. The average molecular weight is 396 g/mol. The van der Waals surface area contributed by atoms with Gasteiger partial charge in [0.05, 0.1) is 14.2 Å². The van der Waals surface area contributed by atoms with Crippen molar-refractivity contribution in [2.75, 3.05) is 33.2 Å². The third-order valence-electron chi connectivity index (χ3n) is 4.60. The zero-order valence-electron chi connectivity index (χ0n) is 16.1. The minimum atomic E-state index is -0.464. The molecular weight excluding hydrogens is 370 g/mol. The Morgan fingerprint density at radius 1 is 0.630 bits per heavy atom. The number of benzene rings is 3. The molecule has 0 saturated carbocycles. The van der Waals surface area contributed by atoms with Gasteiger partial charge in [-0.05, 0) is 44.3 Å². The third-order valence-corrected chi connectivity index (χ3v) is 9.58. The molecule has 0 saturated heterocycles. The van der Waals surface area contributed by atoms with E-state index in [0.29, 0.717) is 0 Å². The standard InChI is InChI=1S/C23H26O2P2/c1-24-20-13-7-9-15-22(20)26(3)17-18-27(19-11-5-4-6-12-19)23-16-10-8-14-21(23)25-2/h4-16H,17-18H2,1-3H3. The average Bonchev–Trinajstić information content (AvgIpc) is 2.74. The van der Waals surface area contributed by atoms with E-state index in [4.69, 9.17) is 9.47 Å². The molecule has 0 fully saturated rings. The van der Waals surface area contributed by atoms with Crippen LogP contribution in [0.25, 0.3) is 0 Å². The van der Waals surface area contributed by atoms with Gasteiger partial charge in [0.25, 0.3) is 0 Å². The van der Waals surface area contributed by atoms with Gasteiger partial charge in [0.15, 0.2) is 0 Å². The van der Waals surface area contributed by atoms with Crippen molar-refractivity contribution in [1.29, 1.82) is 0 Å². The van der Waals surface area contributed by atoms with Crippen LogP contribution in [0.4, 0.5) is 0 Å². The number of hydrogen-bond donors (Lipinski definition) is 0. The summed E-state index contributed by atoms with van der Waals surface area (Å²) < 4.78 is 11.3. The van der Waals surface area contributed by atoms with E-state index in [-0.39, 0.29) is 7.92 Å². The number of hydrogen-bond acceptors (Lipinski definition) is 2. The highest BCUT2D eigenvalue weighted by Crippen LogP contribution is 2.42. The van der Waals surface area contributed by atoms with Crippen LogP contribution in [0, 0.1) is 0 Å². The number of methoxy groups -OCH3 is 2. The van der Waals surface area contributed by atoms with Crippen LogP contribution in [0.2, 0.25) is 0 Å². The van der Waals surface area contributed by atoms with Crippen LogP contribution in [-0.2, 0) is 0 Å². The zero-order valence-corrected chi connectivity index (χ0v) is 17.9. The molecular formula is C23H26O2P2. The van der Waals surface area contributed by atoms with Crippen molar-refractivity contribution in [3.8, 4) is 11.5 Å². The molecule has 0 aromatic heterocycles. The van der Waals surface area contributed by atoms with Crippen molar-refractivity contribution in [3.05, 3.63) is 78.9 Å². The second kappa shape index (κ2) is 9.88. The Morgan fingerprint density at radius 3 is 1.78 bits per heavy atom. The lowest BCUT2D eigenvalue weighted by molar-refractivity contribution is 0.418. The summed E-state index contributed by atoms with van der Waals surface area (Å²) in [6.07, 6.45) is 2.30. The Hall–Kier alpha value is -1.88. The molecule has 2 nitrogen and oxygen atoms in total. The van der Waals surface area contributed by atoms with Crippen molar-refractivity contribution < 1.29 is 9.47 Å². The topological polar surface area (TPSA) is 18.5 Å². The molecule has 0 bridgehead atoms. The first-order valence-electron chi connectivity index (χ1n) is 9.04. The Labute approximate surface area is 165 Å². The minimum absolute atomic E-state index is 0.279. The summed E-state index contributed by atoms with van der Waals surface area (Å²) in [6.45, 7) is 2.36. The zero-order chi connectivity index (χ0) is 19.1. The number of rotatable bonds is 8. The molecule has 3 aromatic carbocycles. The Kier molecular flexibility index (Phi) is 7.27. The van der Waals surface area contributed by atoms with E-state index >= 15 is 0 Å². The highest BCUT2D eigenvalue weighted by Gasteiger charge is 2.20. The molecule has 3 aromatic rings. The van der Waals surface area contributed by atoms with Crippen molar-refractivity contribution in [2.45, 2.75) is 0 Å². The summed E-state index contributed by atoms with van der Waals surface area (Å²) in [5.41, 5.74) is 0. The van der Waals surface area contributed by atoms with E-state index < -0.39 is 7.92 Å². The largest absolute Gasteiger partial charge is 0.496 e. The highest BCUT2D eigenvalue weighted by molar-refractivity contribution is 7.74. The molecule has 27 heavy (non-hydrogen) atoms. The normalized spacial score (nSPS) is 13.0. The maximum absolute atomic E-state index is 5.68. The molecule has 2 unspecified atom stereocenters. The number of para-hydroxylation sites is 2. The van der Waals surface area contributed by atoms with Gasteiger partial charge in [-0.25, -0.2) is 0 Å². The van der Waals surface area contributed by atoms with Crippen LogP contribution in [-0.4, -0.2) is 33.2 Å². The van der Waals surface area contributed by atoms with Gasteiger partial charge in [0.2, 0.25) is 0 Å². The fourth-order valence-corrected chi connectivity index (χ4v) is 8.30. The first-order chi connectivity index (χ1) is 13.2. The highest BCUT2D eigenvalue weighted by atomic mass is 31.1. The lowest BCUT2D eigenvalue weighted by Gasteiger charge is -2.23. The van der Waals surface area contributed by atoms with Gasteiger partial charge in [-0.3, -0.25) is 0 Å². The van der Waals surface area contributed by atoms with Gasteiger partial charge in [-0.2, -0.15) is 0 Å². The summed E-state index contributed by atoms with van der Waals surface area (Å²) in [5, 5.41) is 4.07. The lowest BCUT2D eigenvalue weighted by Crippen LogP contribution is -2.18. The molecule has 0 aliphatic rings. The molecule has 0 heterocycles. The van der Waals surface area contributed by atoms with Gasteiger partial charge in [-0.15, -0.1) is 0 Å². The molecule has 0 aliphatic carbocycles. The molecule has 0 spiro atoms. The van der Waals surface area contributed by atoms with Gasteiger partial charge in [0.1, 0.15) is 11.5 Å². The summed E-state index contributed by atoms with van der Waals surface area (Å²) in [5.74, 6) is 2.00. The van der Waals surface area contributed by atoms with Crippen LogP contribution in [0.1, 0.15) is 0 Å². The van der Waals surface area contributed by atoms with Crippen LogP contribution < -0.4 is 25.4 Å². The van der Waals surface area contributed by atoms with Crippen LogP contribution in [0.15, 0.2) is 78.9 Å². The van der Waals surface area contributed by atoms with E-state index in [1.54, 1.807) is 14.2 Å². The molecule has 3 rings (SSSR count). The Bertz CT molecular complexity index is 852. The first kappa shape index (κ1) is 19.9. The minimum Gasteiger partial charge on any atom is -0.496 e. The monoisotopic (exact) mass is 396 g/mol. The summed E-state index contributed by atoms with van der Waals surface area (Å²) in [4.78, 5) is 0. The van der Waals surface area contributed by atoms with E-state index in [9.17, 15) is 0 Å². The second-order valence-corrected chi connectivity index (χ2v) is 10.9. The smallest absolute Gasteiger partial charge is 0.126 e. The fraction of sp³-hybridized carbons (Fsp3) is 0.217. The van der Waals surface area contributed by atoms with Crippen LogP contribution in [0.5, 0.6) is 11.5 Å². The Morgan fingerprint density at radius 2 is 1.15 bits per heavy atom. The van der Waals surface area contributed by atoms with E-state index in [2.05, 4.69) is 73.4 Å². The van der Waals surface area contributed by atoms with Gasteiger partial charge >= 0.3 is 0 Å². The van der Waals surface area contributed by atoms with Crippen LogP contribution in [0.3, 0.4) is 0 Å². The van der Waals surface area contributed by atoms with Crippen LogP contribution >= 0.6 is 15.8 Å². The fourth-order valence-electron chi connectivity index (χ4n) is 3.16. The molecule has 4 heteroatoms. The van der Waals surface area contributed by atoms with Gasteiger partial charge < -0.3 is 9.47 Å². The maximum atomic E-state index is 5.68. The maximum Gasteiger partial charge on any atom is 0.126 e.